The number of carbonyl (C=O) groups excluding carboxylic acids is 1. The maximum Gasteiger partial charge on any atom is 0.330 e. The van der Waals surface area contributed by atoms with E-state index in [9.17, 15) is 4.79 Å². The number of rotatable bonds is 5. The molecule has 1 aromatic rings. The first-order valence-corrected chi connectivity index (χ1v) is 10.9. The molecular weight excluding hydrogens is 288 g/mol. The van der Waals surface area contributed by atoms with Crippen LogP contribution in [0.3, 0.4) is 0 Å². The predicted octanol–water partition coefficient (Wildman–Crippen LogP) is 5.24. The van der Waals surface area contributed by atoms with Crippen LogP contribution < -0.4 is 0 Å². The molecule has 2 nitrogen and oxygen atoms in total. The van der Waals surface area contributed by atoms with Gasteiger partial charge in [0.05, 0.1) is 14.7 Å². The van der Waals surface area contributed by atoms with Crippen molar-refractivity contribution in [3.63, 3.8) is 0 Å². The van der Waals surface area contributed by atoms with Gasteiger partial charge in [0, 0.05) is 6.08 Å². The van der Waals surface area contributed by atoms with Crippen LogP contribution in [0.1, 0.15) is 33.3 Å². The maximum atomic E-state index is 11.6. The zero-order valence-corrected chi connectivity index (χ0v) is 15.6. The van der Waals surface area contributed by atoms with Gasteiger partial charge in [0.25, 0.3) is 0 Å². The number of esters is 1. The molecule has 3 heteroatoms. The van der Waals surface area contributed by atoms with Crippen LogP contribution in [-0.2, 0) is 9.53 Å². The Morgan fingerprint density at radius 2 is 1.73 bits per heavy atom. The smallest absolute Gasteiger partial charge is 0.330 e. The third-order valence-corrected chi connectivity index (χ3v) is 9.14. The Balaban J connectivity index is 3.21. The van der Waals surface area contributed by atoms with Gasteiger partial charge in [-0.2, -0.15) is 0 Å². The minimum absolute atomic E-state index is 0.255. The predicted molar refractivity (Wildman–Crippen MR) is 97.4 cm³/mol. The number of hydrogen-bond acceptors (Lipinski definition) is 2. The van der Waals surface area contributed by atoms with Gasteiger partial charge in [0.1, 0.15) is 0 Å². The summed E-state index contributed by atoms with van der Waals surface area (Å²) in [5.74, 6) is -0.292. The van der Waals surface area contributed by atoms with Crippen molar-refractivity contribution in [2.24, 2.45) is 0 Å². The standard InChI is InChI=1S/C19H28O2Si/c1-7-21-18(20)14-13-17(16-11-9-8-10-12-16)15-22(5,6)19(2,3)4/h8-15H,7H2,1-6H3/b14-13+,17-15-. The Morgan fingerprint density at radius 1 is 1.14 bits per heavy atom. The third kappa shape index (κ3) is 5.30. The molecule has 0 amide bonds. The van der Waals surface area contributed by atoms with Gasteiger partial charge >= 0.3 is 5.97 Å². The van der Waals surface area contributed by atoms with E-state index in [1.165, 1.54) is 6.08 Å². The maximum absolute atomic E-state index is 11.6. The topological polar surface area (TPSA) is 26.3 Å². The van der Waals surface area contributed by atoms with E-state index in [-0.39, 0.29) is 11.0 Å². The van der Waals surface area contributed by atoms with Crippen molar-refractivity contribution in [1.82, 2.24) is 0 Å². The van der Waals surface area contributed by atoms with Gasteiger partial charge in [0.2, 0.25) is 0 Å². The molecule has 1 aromatic carbocycles. The van der Waals surface area contributed by atoms with Crippen LogP contribution in [0.5, 0.6) is 0 Å². The van der Waals surface area contributed by atoms with Gasteiger partial charge in [0.15, 0.2) is 0 Å². The molecule has 0 aliphatic carbocycles. The van der Waals surface area contributed by atoms with Crippen LogP contribution >= 0.6 is 0 Å². The van der Waals surface area contributed by atoms with Crippen LogP contribution in [0.15, 0.2) is 48.2 Å². The van der Waals surface area contributed by atoms with Crippen LogP contribution in [-0.4, -0.2) is 20.7 Å². The van der Waals surface area contributed by atoms with Crippen molar-refractivity contribution in [2.75, 3.05) is 6.61 Å². The minimum Gasteiger partial charge on any atom is -0.463 e. The van der Waals surface area contributed by atoms with Crippen molar-refractivity contribution in [3.8, 4) is 0 Å². The average Bonchev–Trinajstić information content (AvgIpc) is 2.43. The Hall–Kier alpha value is -1.61. The van der Waals surface area contributed by atoms with Gasteiger partial charge in [-0.15, -0.1) is 0 Å². The van der Waals surface area contributed by atoms with Crippen molar-refractivity contribution in [3.05, 3.63) is 53.7 Å². The number of ether oxygens (including phenoxy) is 1. The monoisotopic (exact) mass is 316 g/mol. The Kier molecular flexibility index (Phi) is 6.36. The van der Waals surface area contributed by atoms with E-state index >= 15 is 0 Å². The molecule has 0 N–H and O–H groups in total. The molecule has 1 rings (SSSR count). The van der Waals surface area contributed by atoms with Crippen LogP contribution in [0.25, 0.3) is 5.57 Å². The number of carbonyl (C=O) groups is 1. The van der Waals surface area contributed by atoms with E-state index in [4.69, 9.17) is 4.74 Å². The van der Waals surface area contributed by atoms with E-state index in [2.05, 4.69) is 51.7 Å². The second-order valence-corrected chi connectivity index (χ2v) is 12.3. The number of allylic oxidation sites excluding steroid dienone is 2. The Labute approximate surface area is 135 Å². The summed E-state index contributed by atoms with van der Waals surface area (Å²) in [6, 6.07) is 10.2. The molecule has 0 fully saturated rings. The molecule has 0 radical (unpaired) electrons. The summed E-state index contributed by atoms with van der Waals surface area (Å²) in [7, 11) is -1.61. The molecule has 120 valence electrons. The van der Waals surface area contributed by atoms with Gasteiger partial charge in [-0.05, 0) is 29.2 Å². The van der Waals surface area contributed by atoms with E-state index in [0.717, 1.165) is 11.1 Å². The highest BCUT2D eigenvalue weighted by molar-refractivity contribution is 6.85. The molecule has 0 heterocycles. The average molecular weight is 317 g/mol. The van der Waals surface area contributed by atoms with Crippen LogP contribution in [0.4, 0.5) is 0 Å². The number of hydrogen-bond donors (Lipinski definition) is 0. The lowest BCUT2D eigenvalue weighted by molar-refractivity contribution is -0.137. The highest BCUT2D eigenvalue weighted by atomic mass is 28.3. The molecule has 0 saturated carbocycles. The molecular formula is C19H28O2Si. The van der Waals surface area contributed by atoms with Gasteiger partial charge in [-0.25, -0.2) is 4.79 Å². The highest BCUT2D eigenvalue weighted by Gasteiger charge is 2.33. The molecule has 0 aliphatic heterocycles. The summed E-state index contributed by atoms with van der Waals surface area (Å²) in [5.41, 5.74) is 4.60. The molecule has 0 unspecified atom stereocenters. The first kappa shape index (κ1) is 18.4. The third-order valence-electron chi connectivity index (χ3n) is 4.24. The van der Waals surface area contributed by atoms with Crippen LogP contribution in [0, 0.1) is 0 Å². The highest BCUT2D eigenvalue weighted by Crippen LogP contribution is 2.38. The lowest BCUT2D eigenvalue weighted by Crippen LogP contribution is -2.35. The molecule has 0 spiro atoms. The molecule has 0 atom stereocenters. The van der Waals surface area contributed by atoms with E-state index in [1.54, 1.807) is 0 Å². The zero-order valence-electron chi connectivity index (χ0n) is 14.6. The fraction of sp³-hybridized carbons (Fsp3) is 0.421. The SMILES string of the molecule is CCOC(=O)/C=C/C(=C/[Si](C)(C)C(C)(C)C)c1ccccc1. The first-order valence-electron chi connectivity index (χ1n) is 7.80. The second kappa shape index (κ2) is 7.59. The summed E-state index contributed by atoms with van der Waals surface area (Å²) in [4.78, 5) is 11.6. The van der Waals surface area contributed by atoms with E-state index < -0.39 is 8.07 Å². The normalized spacial score (nSPS) is 13.5. The number of benzene rings is 1. The largest absolute Gasteiger partial charge is 0.463 e. The Morgan fingerprint density at radius 3 is 2.23 bits per heavy atom. The molecule has 0 bridgehead atoms. The fourth-order valence-electron chi connectivity index (χ4n) is 1.81. The summed E-state index contributed by atoms with van der Waals surface area (Å²) >= 11 is 0. The zero-order chi connectivity index (χ0) is 16.8. The fourth-order valence-corrected chi connectivity index (χ4v) is 3.29. The van der Waals surface area contributed by atoms with Gasteiger partial charge in [-0.1, -0.05) is 69.9 Å². The minimum atomic E-state index is -1.61. The molecule has 22 heavy (non-hydrogen) atoms. The molecule has 0 saturated heterocycles. The lowest BCUT2D eigenvalue weighted by atomic mass is 10.1. The summed E-state index contributed by atoms with van der Waals surface area (Å²) in [6.45, 7) is 13.8. The first-order chi connectivity index (χ1) is 10.2. The quantitative estimate of drug-likeness (QED) is 0.321. The Bertz CT molecular complexity index is 549. The lowest BCUT2D eigenvalue weighted by Gasteiger charge is -2.35. The van der Waals surface area contributed by atoms with Crippen molar-refractivity contribution in [1.29, 1.82) is 0 Å². The van der Waals surface area contributed by atoms with Crippen molar-refractivity contribution >= 4 is 19.6 Å². The van der Waals surface area contributed by atoms with Crippen LogP contribution in [0.2, 0.25) is 18.1 Å². The van der Waals surface area contributed by atoms with E-state index in [1.807, 2.05) is 31.2 Å². The van der Waals surface area contributed by atoms with E-state index in [0.29, 0.717) is 6.61 Å². The van der Waals surface area contributed by atoms with Crippen molar-refractivity contribution in [2.45, 2.75) is 45.8 Å². The van der Waals surface area contributed by atoms with Crippen molar-refractivity contribution < 1.29 is 9.53 Å². The summed E-state index contributed by atoms with van der Waals surface area (Å²) in [6.07, 6.45) is 3.41. The van der Waals surface area contributed by atoms with Gasteiger partial charge < -0.3 is 4.74 Å². The summed E-state index contributed by atoms with van der Waals surface area (Å²) < 4.78 is 4.98. The molecule has 0 aromatic heterocycles. The van der Waals surface area contributed by atoms with Gasteiger partial charge in [-0.3, -0.25) is 0 Å². The molecule has 0 aliphatic rings. The summed E-state index contributed by atoms with van der Waals surface area (Å²) in [5, 5.41) is 0.255. The second-order valence-electron chi connectivity index (χ2n) is 7.02.